The van der Waals surface area contributed by atoms with Gasteiger partial charge in [-0.05, 0) is 0 Å². The molecule has 0 saturated carbocycles. The number of aromatic nitrogens is 2. The second-order valence-electron chi connectivity index (χ2n) is 2.50. The van der Waals surface area contributed by atoms with E-state index in [2.05, 4.69) is 21.7 Å². The third-order valence-electron chi connectivity index (χ3n) is 1.49. The van der Waals surface area contributed by atoms with Crippen LogP contribution in [0.4, 0.5) is 0 Å². The van der Waals surface area contributed by atoms with Crippen LogP contribution in [0.25, 0.3) is 0 Å². The van der Waals surface area contributed by atoms with Gasteiger partial charge in [-0.15, -0.1) is 0 Å². The van der Waals surface area contributed by atoms with Gasteiger partial charge in [-0.3, -0.25) is 0 Å². The van der Waals surface area contributed by atoms with Crippen molar-refractivity contribution in [2.45, 2.75) is 12.6 Å². The van der Waals surface area contributed by atoms with Gasteiger partial charge in [0.25, 0.3) is 0 Å². The Balaban J connectivity index is 2.65. The summed E-state index contributed by atoms with van der Waals surface area (Å²) in [5.74, 6) is -1.04. The summed E-state index contributed by atoms with van der Waals surface area (Å²) < 4.78 is 1.49. The van der Waals surface area contributed by atoms with Crippen LogP contribution in [0.5, 0.6) is 0 Å². The number of carboxylic acid groups (broad SMARTS) is 1. The first-order valence-corrected chi connectivity index (χ1v) is 3.95. The Labute approximate surface area is 81.2 Å². The zero-order valence-corrected chi connectivity index (χ0v) is 7.45. The summed E-state index contributed by atoms with van der Waals surface area (Å²) in [6.45, 7) is 3.48. The molecule has 0 bridgehead atoms. The molecule has 14 heavy (non-hydrogen) atoms. The van der Waals surface area contributed by atoms with Gasteiger partial charge in [0.15, 0.2) is 0 Å². The van der Waals surface area contributed by atoms with E-state index in [4.69, 9.17) is 5.11 Å². The maximum atomic E-state index is 10.7. The number of carbonyl (C=O) groups is 1. The summed E-state index contributed by atoms with van der Waals surface area (Å²) in [7, 11) is 1.19. The molecule has 0 aromatic carbocycles. The molecule has 6 nitrogen and oxygen atoms in total. The number of hydrogen-bond acceptors (Lipinski definition) is 4. The first kappa shape index (κ1) is 10.3. The Kier molecular flexibility index (Phi) is 3.72. The normalized spacial score (nSPS) is 12.6. The minimum atomic E-state index is -1.04. The van der Waals surface area contributed by atoms with Crippen LogP contribution in [0.1, 0.15) is 0 Å². The molecule has 1 aromatic heterocycles. The molecule has 0 aliphatic heterocycles. The van der Waals surface area contributed by atoms with Gasteiger partial charge in [0.2, 0.25) is 0 Å². The van der Waals surface area contributed by atoms with E-state index in [0.29, 0.717) is 0 Å². The van der Waals surface area contributed by atoms with Gasteiger partial charge >= 0.3 is 80.4 Å². The third kappa shape index (κ3) is 2.93. The molecule has 0 saturated heterocycles. The number of hydrogen-bond donors (Lipinski definition) is 1. The first-order valence-electron chi connectivity index (χ1n) is 3.95. The standard InChI is InChI=1S/C7H9BN4O2/c1-8-11-10-6(7(13)14)5-12-4-2-3-9-12/h2-4,6H,1,5H2,(H,13,14)/t6-/m0/s1. The maximum absolute atomic E-state index is 10.7. The van der Waals surface area contributed by atoms with Crippen LogP contribution in [0.3, 0.4) is 0 Å². The van der Waals surface area contributed by atoms with Crippen LogP contribution in [0.15, 0.2) is 28.6 Å². The number of carboxylic acids is 1. The van der Waals surface area contributed by atoms with Crippen molar-refractivity contribution in [1.29, 1.82) is 0 Å². The zero-order valence-electron chi connectivity index (χ0n) is 7.45. The topological polar surface area (TPSA) is 79.8 Å². The summed E-state index contributed by atoms with van der Waals surface area (Å²) >= 11 is 0. The number of nitrogens with zero attached hydrogens (tertiary/aromatic N) is 4. The average molecular weight is 192 g/mol. The molecule has 0 unspecified atom stereocenters. The van der Waals surface area contributed by atoms with Crippen molar-refractivity contribution in [1.82, 2.24) is 9.78 Å². The van der Waals surface area contributed by atoms with Crippen LogP contribution in [-0.2, 0) is 11.3 Å². The molecule has 0 radical (unpaired) electrons. The molecular weight excluding hydrogens is 183 g/mol. The van der Waals surface area contributed by atoms with Gasteiger partial charge in [-0.25, -0.2) is 0 Å². The predicted octanol–water partition coefficient (Wildman–Crippen LogP) is -0.160. The van der Waals surface area contributed by atoms with E-state index in [1.807, 2.05) is 0 Å². The zero-order chi connectivity index (χ0) is 10.4. The van der Waals surface area contributed by atoms with Crippen LogP contribution < -0.4 is 0 Å². The molecule has 1 aromatic rings. The fourth-order valence-corrected chi connectivity index (χ4v) is 0.877. The van der Waals surface area contributed by atoms with Gasteiger partial charge in [0.05, 0.1) is 0 Å². The second kappa shape index (κ2) is 5.06. The van der Waals surface area contributed by atoms with Crippen molar-refractivity contribution in [2.24, 2.45) is 10.1 Å². The summed E-state index contributed by atoms with van der Waals surface area (Å²) in [4.78, 5) is 10.7. The fourth-order valence-electron chi connectivity index (χ4n) is 0.877. The van der Waals surface area contributed by atoms with E-state index >= 15 is 0 Å². The Morgan fingerprint density at radius 3 is 3.07 bits per heavy atom. The third-order valence-corrected chi connectivity index (χ3v) is 1.49. The minimum absolute atomic E-state index is 0.166. The molecule has 1 N–H and O–H groups in total. The fraction of sp³-hybridized carbons (Fsp3) is 0.286. The number of rotatable bonds is 5. The molecule has 0 spiro atoms. The molecule has 72 valence electrons. The molecule has 0 aliphatic rings. The van der Waals surface area contributed by atoms with Gasteiger partial charge in [-0.2, -0.15) is 0 Å². The predicted molar refractivity (Wildman–Crippen MR) is 51.4 cm³/mol. The summed E-state index contributed by atoms with van der Waals surface area (Å²) in [6, 6.07) is 0.789. The van der Waals surface area contributed by atoms with Crippen LogP contribution in [0, 0.1) is 0 Å². The van der Waals surface area contributed by atoms with Crippen molar-refractivity contribution < 1.29 is 9.90 Å². The van der Waals surface area contributed by atoms with E-state index in [1.165, 1.54) is 11.7 Å². The molecule has 0 fully saturated rings. The van der Waals surface area contributed by atoms with E-state index in [9.17, 15) is 4.79 Å². The van der Waals surface area contributed by atoms with Gasteiger partial charge in [-0.1, -0.05) is 0 Å². The Bertz CT molecular complexity index is 335. The molecule has 1 atom stereocenters. The van der Waals surface area contributed by atoms with Gasteiger partial charge in [0.1, 0.15) is 0 Å². The number of aliphatic carboxylic acids is 1. The quantitative estimate of drug-likeness (QED) is 0.519. The van der Waals surface area contributed by atoms with Gasteiger partial charge in [0, 0.05) is 0 Å². The summed E-state index contributed by atoms with van der Waals surface area (Å²) in [5, 5.41) is 19.6. The summed E-state index contributed by atoms with van der Waals surface area (Å²) in [6.07, 6.45) is 3.24. The Morgan fingerprint density at radius 1 is 1.79 bits per heavy atom. The van der Waals surface area contributed by atoms with Crippen molar-refractivity contribution in [3.8, 4) is 0 Å². The van der Waals surface area contributed by atoms with Crippen LogP contribution in [-0.4, -0.2) is 40.4 Å². The van der Waals surface area contributed by atoms with E-state index in [1.54, 1.807) is 18.5 Å². The second-order valence-corrected chi connectivity index (χ2v) is 2.50. The molecule has 1 heterocycles. The van der Waals surface area contributed by atoms with E-state index < -0.39 is 12.0 Å². The van der Waals surface area contributed by atoms with Crippen LogP contribution in [0.2, 0.25) is 0 Å². The van der Waals surface area contributed by atoms with Crippen LogP contribution >= 0.6 is 0 Å². The summed E-state index contributed by atoms with van der Waals surface area (Å²) in [5.41, 5.74) is 0. The Hall–Kier alpha value is -1.79. The van der Waals surface area contributed by atoms with Gasteiger partial charge < -0.3 is 0 Å². The van der Waals surface area contributed by atoms with Crippen molar-refractivity contribution in [3.63, 3.8) is 0 Å². The SMILES string of the molecule is C=BN=N[C@@H](Cn1cccn1)C(=O)O. The first-order chi connectivity index (χ1) is 6.74. The Morgan fingerprint density at radius 2 is 2.57 bits per heavy atom. The van der Waals surface area contributed by atoms with Crippen molar-refractivity contribution in [2.75, 3.05) is 0 Å². The molecule has 0 amide bonds. The van der Waals surface area contributed by atoms with Crippen molar-refractivity contribution >= 4 is 19.5 Å². The molecule has 7 heteroatoms. The molecular formula is C7H9BN4O2. The molecule has 0 aliphatic carbocycles. The average Bonchev–Trinajstić information content (AvgIpc) is 2.64. The molecule has 1 rings (SSSR count). The van der Waals surface area contributed by atoms with E-state index in [0.717, 1.165) is 0 Å². The van der Waals surface area contributed by atoms with Crippen molar-refractivity contribution in [3.05, 3.63) is 18.5 Å². The monoisotopic (exact) mass is 192 g/mol. The van der Waals surface area contributed by atoms with E-state index in [-0.39, 0.29) is 6.54 Å².